The fourth-order valence-electron chi connectivity index (χ4n) is 1.89. The Kier molecular flexibility index (Phi) is 4.76. The zero-order chi connectivity index (χ0) is 14.7. The Labute approximate surface area is 128 Å². The monoisotopic (exact) mass is 334 g/mol. The van der Waals surface area contributed by atoms with Crippen LogP contribution in [0.25, 0.3) is 0 Å². The maximum Gasteiger partial charge on any atom is 0.223 e. The van der Waals surface area contributed by atoms with Gasteiger partial charge in [-0.05, 0) is 33.5 Å². The second-order valence-corrected chi connectivity index (χ2v) is 6.15. The number of nitrogens with zero attached hydrogens (tertiary/aromatic N) is 2. The molecule has 0 amide bonds. The van der Waals surface area contributed by atoms with E-state index in [0.717, 1.165) is 16.2 Å². The van der Waals surface area contributed by atoms with Gasteiger partial charge in [-0.15, -0.1) is 0 Å². The third-order valence-electron chi connectivity index (χ3n) is 2.96. The van der Waals surface area contributed by atoms with Crippen LogP contribution in [0.1, 0.15) is 50.9 Å². The first-order chi connectivity index (χ1) is 9.47. The lowest BCUT2D eigenvalue weighted by Gasteiger charge is -2.14. The van der Waals surface area contributed by atoms with E-state index in [2.05, 4.69) is 59.7 Å². The number of benzene rings is 1. The molecule has 0 N–H and O–H groups in total. The van der Waals surface area contributed by atoms with Crippen LogP contribution in [-0.2, 0) is 0 Å². The zero-order valence-electron chi connectivity index (χ0n) is 12.2. The topological polar surface area (TPSA) is 35.0 Å². The van der Waals surface area contributed by atoms with Gasteiger partial charge in [0.15, 0.2) is 0 Å². The molecule has 0 radical (unpaired) electrons. The minimum Gasteiger partial charge on any atom is -0.439 e. The van der Waals surface area contributed by atoms with E-state index in [9.17, 15) is 0 Å². The van der Waals surface area contributed by atoms with Gasteiger partial charge in [-0.1, -0.05) is 45.9 Å². The van der Waals surface area contributed by atoms with E-state index < -0.39 is 0 Å². The van der Waals surface area contributed by atoms with Gasteiger partial charge in [0, 0.05) is 12.0 Å². The summed E-state index contributed by atoms with van der Waals surface area (Å²) >= 11 is 3.41. The maximum atomic E-state index is 5.96. The molecule has 106 valence electrons. The molecule has 20 heavy (non-hydrogen) atoms. The van der Waals surface area contributed by atoms with Crippen molar-refractivity contribution in [3.8, 4) is 11.6 Å². The summed E-state index contributed by atoms with van der Waals surface area (Å²) in [7, 11) is 0. The first kappa shape index (κ1) is 15.0. The van der Waals surface area contributed by atoms with Crippen molar-refractivity contribution in [2.45, 2.75) is 39.5 Å². The molecule has 0 saturated heterocycles. The first-order valence-electron chi connectivity index (χ1n) is 6.78. The Bertz CT molecular complexity index is 597. The average Bonchev–Trinajstić information content (AvgIpc) is 2.38. The highest BCUT2D eigenvalue weighted by molar-refractivity contribution is 9.10. The fraction of sp³-hybridized carbons (Fsp3) is 0.375. The highest BCUT2D eigenvalue weighted by Crippen LogP contribution is 2.30. The van der Waals surface area contributed by atoms with Crippen LogP contribution in [0.15, 0.2) is 34.9 Å². The lowest BCUT2D eigenvalue weighted by atomic mass is 10.0. The summed E-state index contributed by atoms with van der Waals surface area (Å²) in [5, 5.41) is 0. The van der Waals surface area contributed by atoms with Crippen LogP contribution in [0.4, 0.5) is 0 Å². The van der Waals surface area contributed by atoms with Gasteiger partial charge in [0.05, 0.1) is 0 Å². The summed E-state index contributed by atoms with van der Waals surface area (Å²) in [5.74, 6) is 2.86. The van der Waals surface area contributed by atoms with Gasteiger partial charge in [-0.25, -0.2) is 4.98 Å². The molecule has 1 heterocycles. The Balaban J connectivity index is 2.35. The number of halogens is 1. The molecule has 3 nitrogen and oxygen atoms in total. The second kappa shape index (κ2) is 6.35. The summed E-state index contributed by atoms with van der Waals surface area (Å²) in [6, 6.07) is 9.85. The molecule has 0 spiro atoms. The Morgan fingerprint density at radius 2 is 1.70 bits per heavy atom. The Hall–Kier alpha value is -1.42. The maximum absolute atomic E-state index is 5.96. The van der Waals surface area contributed by atoms with Crippen molar-refractivity contribution in [1.82, 2.24) is 9.97 Å². The molecule has 0 atom stereocenters. The molecular formula is C16H19BrN2O. The fourth-order valence-corrected chi connectivity index (χ4v) is 2.26. The highest BCUT2D eigenvalue weighted by atomic mass is 79.9. The van der Waals surface area contributed by atoms with E-state index in [1.807, 2.05) is 18.2 Å². The molecule has 0 aliphatic carbocycles. The molecular weight excluding hydrogens is 316 g/mol. The van der Waals surface area contributed by atoms with E-state index in [4.69, 9.17) is 4.74 Å². The predicted molar refractivity (Wildman–Crippen MR) is 84.4 cm³/mol. The van der Waals surface area contributed by atoms with Crippen molar-refractivity contribution in [2.24, 2.45) is 0 Å². The van der Waals surface area contributed by atoms with Gasteiger partial charge in [0.1, 0.15) is 16.2 Å². The minimum absolute atomic E-state index is 0.259. The summed E-state index contributed by atoms with van der Waals surface area (Å²) < 4.78 is 6.71. The standard InChI is InChI=1S/C16H19BrN2O/c1-10(2)12-7-5-6-8-13(12)20-15-9-14(17)18-16(19-15)11(3)4/h5-11H,1-4H3. The van der Waals surface area contributed by atoms with Crippen LogP contribution in [-0.4, -0.2) is 9.97 Å². The smallest absolute Gasteiger partial charge is 0.223 e. The van der Waals surface area contributed by atoms with Gasteiger partial charge in [0.2, 0.25) is 5.88 Å². The number of para-hydroxylation sites is 1. The van der Waals surface area contributed by atoms with Crippen molar-refractivity contribution in [1.29, 1.82) is 0 Å². The average molecular weight is 335 g/mol. The van der Waals surface area contributed by atoms with Crippen LogP contribution < -0.4 is 4.74 Å². The lowest BCUT2D eigenvalue weighted by Crippen LogP contribution is -2.01. The number of aromatic nitrogens is 2. The third-order valence-corrected chi connectivity index (χ3v) is 3.37. The molecule has 0 aliphatic rings. The van der Waals surface area contributed by atoms with Crippen molar-refractivity contribution < 1.29 is 4.74 Å². The van der Waals surface area contributed by atoms with Crippen LogP contribution in [0.2, 0.25) is 0 Å². The number of ether oxygens (including phenoxy) is 1. The summed E-state index contributed by atoms with van der Waals surface area (Å²) in [4.78, 5) is 8.82. The van der Waals surface area contributed by atoms with Gasteiger partial charge >= 0.3 is 0 Å². The van der Waals surface area contributed by atoms with E-state index in [-0.39, 0.29) is 5.92 Å². The Morgan fingerprint density at radius 1 is 1.00 bits per heavy atom. The zero-order valence-corrected chi connectivity index (χ0v) is 13.8. The molecule has 4 heteroatoms. The Morgan fingerprint density at radius 3 is 2.35 bits per heavy atom. The molecule has 1 aromatic heterocycles. The van der Waals surface area contributed by atoms with Crippen molar-refractivity contribution in [3.05, 3.63) is 46.3 Å². The largest absolute Gasteiger partial charge is 0.439 e. The SMILES string of the molecule is CC(C)c1nc(Br)cc(Oc2ccccc2C(C)C)n1. The van der Waals surface area contributed by atoms with Crippen LogP contribution in [0.5, 0.6) is 11.6 Å². The predicted octanol–water partition coefficient (Wildman–Crippen LogP) is 5.28. The lowest BCUT2D eigenvalue weighted by molar-refractivity contribution is 0.448. The molecule has 0 aliphatic heterocycles. The molecule has 0 bridgehead atoms. The molecule has 1 aromatic carbocycles. The highest BCUT2D eigenvalue weighted by Gasteiger charge is 2.11. The van der Waals surface area contributed by atoms with E-state index in [1.54, 1.807) is 6.07 Å². The quantitative estimate of drug-likeness (QED) is 0.713. The molecule has 0 saturated carbocycles. The summed E-state index contributed by atoms with van der Waals surface area (Å²) in [5.41, 5.74) is 1.17. The minimum atomic E-state index is 0.259. The van der Waals surface area contributed by atoms with E-state index in [0.29, 0.717) is 11.8 Å². The van der Waals surface area contributed by atoms with Crippen LogP contribution in [0, 0.1) is 0 Å². The number of hydrogen-bond donors (Lipinski definition) is 0. The van der Waals surface area contributed by atoms with Crippen molar-refractivity contribution in [3.63, 3.8) is 0 Å². The van der Waals surface area contributed by atoms with E-state index >= 15 is 0 Å². The number of rotatable bonds is 4. The van der Waals surface area contributed by atoms with E-state index in [1.165, 1.54) is 5.56 Å². The summed E-state index contributed by atoms with van der Waals surface area (Å²) in [6.07, 6.45) is 0. The van der Waals surface area contributed by atoms with Crippen molar-refractivity contribution >= 4 is 15.9 Å². The van der Waals surface area contributed by atoms with Crippen molar-refractivity contribution in [2.75, 3.05) is 0 Å². The van der Waals surface area contributed by atoms with Gasteiger partial charge in [-0.2, -0.15) is 4.98 Å². The van der Waals surface area contributed by atoms with Gasteiger partial charge < -0.3 is 4.74 Å². The molecule has 2 rings (SSSR count). The second-order valence-electron chi connectivity index (χ2n) is 5.34. The van der Waals surface area contributed by atoms with Gasteiger partial charge in [0.25, 0.3) is 0 Å². The number of hydrogen-bond acceptors (Lipinski definition) is 3. The first-order valence-corrected chi connectivity index (χ1v) is 7.58. The van der Waals surface area contributed by atoms with Crippen LogP contribution in [0.3, 0.4) is 0 Å². The molecule has 0 unspecified atom stereocenters. The molecule has 2 aromatic rings. The summed E-state index contributed by atoms with van der Waals surface area (Å²) in [6.45, 7) is 8.43. The van der Waals surface area contributed by atoms with Gasteiger partial charge in [-0.3, -0.25) is 0 Å². The molecule has 0 fully saturated rings. The third kappa shape index (κ3) is 3.57. The normalized spacial score (nSPS) is 11.2. The van der Waals surface area contributed by atoms with Crippen LogP contribution >= 0.6 is 15.9 Å².